The summed E-state index contributed by atoms with van der Waals surface area (Å²) in [6.07, 6.45) is 1.94. The van der Waals surface area contributed by atoms with E-state index in [4.69, 9.17) is 14.2 Å². The van der Waals surface area contributed by atoms with Crippen LogP contribution >= 0.6 is 0 Å². The van der Waals surface area contributed by atoms with Crippen LogP contribution < -0.4 is 19.5 Å². The molecule has 27 heavy (non-hydrogen) atoms. The van der Waals surface area contributed by atoms with Crippen LogP contribution in [0.15, 0.2) is 42.5 Å². The zero-order valence-corrected chi connectivity index (χ0v) is 16.7. The van der Waals surface area contributed by atoms with Gasteiger partial charge in [-0.25, -0.2) is 0 Å². The first-order chi connectivity index (χ1) is 13.1. The Morgan fingerprint density at radius 3 is 1.96 bits per heavy atom. The van der Waals surface area contributed by atoms with E-state index < -0.39 is 0 Å². The van der Waals surface area contributed by atoms with Crippen LogP contribution in [0.4, 0.5) is 0 Å². The van der Waals surface area contributed by atoms with Crippen LogP contribution in [0.1, 0.15) is 48.7 Å². The number of benzene rings is 2. The van der Waals surface area contributed by atoms with Gasteiger partial charge in [-0.1, -0.05) is 57.0 Å². The predicted octanol–water partition coefficient (Wildman–Crippen LogP) is 4.62. The van der Waals surface area contributed by atoms with Crippen molar-refractivity contribution in [3.63, 3.8) is 0 Å². The zero-order valence-electron chi connectivity index (χ0n) is 16.7. The Morgan fingerprint density at radius 2 is 1.44 bits per heavy atom. The van der Waals surface area contributed by atoms with Crippen molar-refractivity contribution in [1.29, 1.82) is 0 Å². The Morgan fingerprint density at radius 1 is 0.889 bits per heavy atom. The molecule has 1 amide bonds. The maximum absolute atomic E-state index is 13.1. The molecule has 0 heterocycles. The number of nitrogens with one attached hydrogen (secondary N) is 1. The average molecular weight is 371 g/mol. The monoisotopic (exact) mass is 371 g/mol. The van der Waals surface area contributed by atoms with Gasteiger partial charge in [0.25, 0.3) is 5.91 Å². The van der Waals surface area contributed by atoms with E-state index in [1.165, 1.54) is 7.11 Å². The SMILES string of the molecule is CCC(CC)C(NC(=O)c1cc(OC)c(OC)cc1OC)c1ccccc1. The number of carbonyl (C=O) groups excluding carboxylic acids is 1. The summed E-state index contributed by atoms with van der Waals surface area (Å²) in [5.74, 6) is 1.59. The van der Waals surface area contributed by atoms with Crippen molar-refractivity contribution in [2.75, 3.05) is 21.3 Å². The quantitative estimate of drug-likeness (QED) is 0.699. The molecule has 0 radical (unpaired) electrons. The smallest absolute Gasteiger partial charge is 0.255 e. The van der Waals surface area contributed by atoms with Crippen LogP contribution in [0.2, 0.25) is 0 Å². The zero-order chi connectivity index (χ0) is 19.8. The van der Waals surface area contributed by atoms with Crippen LogP contribution in [-0.2, 0) is 0 Å². The normalized spacial score (nSPS) is 11.8. The second-order valence-corrected chi connectivity index (χ2v) is 6.35. The van der Waals surface area contributed by atoms with E-state index in [0.717, 1.165) is 18.4 Å². The molecule has 5 nitrogen and oxygen atoms in total. The molecule has 0 aliphatic rings. The summed E-state index contributed by atoms with van der Waals surface area (Å²) in [7, 11) is 4.63. The third kappa shape index (κ3) is 4.73. The largest absolute Gasteiger partial charge is 0.496 e. The molecular weight excluding hydrogens is 342 g/mol. The van der Waals surface area contributed by atoms with Crippen molar-refractivity contribution in [3.05, 3.63) is 53.6 Å². The lowest BCUT2D eigenvalue weighted by molar-refractivity contribution is 0.0916. The van der Waals surface area contributed by atoms with Gasteiger partial charge in [0.1, 0.15) is 5.75 Å². The molecule has 0 saturated heterocycles. The highest BCUT2D eigenvalue weighted by atomic mass is 16.5. The van der Waals surface area contributed by atoms with Gasteiger partial charge in [-0.2, -0.15) is 0 Å². The number of hydrogen-bond donors (Lipinski definition) is 1. The Hall–Kier alpha value is -2.69. The van der Waals surface area contributed by atoms with Gasteiger partial charge in [-0.3, -0.25) is 4.79 Å². The number of methoxy groups -OCH3 is 3. The highest BCUT2D eigenvalue weighted by molar-refractivity contribution is 5.98. The Balaban J connectivity index is 2.40. The van der Waals surface area contributed by atoms with E-state index in [2.05, 4.69) is 31.3 Å². The van der Waals surface area contributed by atoms with Crippen LogP contribution in [0.3, 0.4) is 0 Å². The number of rotatable bonds is 9. The minimum absolute atomic E-state index is 0.0773. The fourth-order valence-electron chi connectivity index (χ4n) is 3.32. The number of amides is 1. The fraction of sp³-hybridized carbons (Fsp3) is 0.409. The van der Waals surface area contributed by atoms with Crippen LogP contribution in [0.5, 0.6) is 17.2 Å². The summed E-state index contributed by atoms with van der Waals surface area (Å²) in [6, 6.07) is 13.3. The van der Waals surface area contributed by atoms with Gasteiger partial charge < -0.3 is 19.5 Å². The van der Waals surface area contributed by atoms with Crippen LogP contribution in [-0.4, -0.2) is 27.2 Å². The molecular formula is C22H29NO4. The highest BCUT2D eigenvalue weighted by Gasteiger charge is 2.25. The lowest BCUT2D eigenvalue weighted by Crippen LogP contribution is -2.33. The molecule has 0 aliphatic carbocycles. The molecule has 146 valence electrons. The van der Waals surface area contributed by atoms with E-state index in [0.29, 0.717) is 28.7 Å². The van der Waals surface area contributed by atoms with E-state index in [1.54, 1.807) is 26.4 Å². The molecule has 2 aromatic rings. The third-order valence-corrected chi connectivity index (χ3v) is 4.92. The van der Waals surface area contributed by atoms with Crippen molar-refractivity contribution in [3.8, 4) is 17.2 Å². The first kappa shape index (κ1) is 20.6. The van der Waals surface area contributed by atoms with Gasteiger partial charge in [-0.05, 0) is 11.5 Å². The topological polar surface area (TPSA) is 56.8 Å². The van der Waals surface area contributed by atoms with Crippen molar-refractivity contribution in [1.82, 2.24) is 5.32 Å². The van der Waals surface area contributed by atoms with Crippen molar-refractivity contribution < 1.29 is 19.0 Å². The first-order valence-electron chi connectivity index (χ1n) is 9.25. The predicted molar refractivity (Wildman–Crippen MR) is 107 cm³/mol. The summed E-state index contributed by atoms with van der Waals surface area (Å²) in [4.78, 5) is 13.1. The third-order valence-electron chi connectivity index (χ3n) is 4.92. The summed E-state index contributed by atoms with van der Waals surface area (Å²) in [6.45, 7) is 4.29. The average Bonchev–Trinajstić information content (AvgIpc) is 2.73. The molecule has 0 bridgehead atoms. The standard InChI is InChI=1S/C22H29NO4/c1-6-15(7-2)21(16-11-9-8-10-12-16)23-22(24)17-13-19(26-4)20(27-5)14-18(17)25-3/h8-15,21H,6-7H2,1-5H3,(H,23,24). The Kier molecular flexibility index (Phi) is 7.53. The summed E-state index contributed by atoms with van der Waals surface area (Å²) in [5, 5.41) is 3.20. The van der Waals surface area contributed by atoms with Gasteiger partial charge in [-0.15, -0.1) is 0 Å². The molecule has 0 spiro atoms. The highest BCUT2D eigenvalue weighted by Crippen LogP contribution is 2.35. The lowest BCUT2D eigenvalue weighted by Gasteiger charge is -2.27. The summed E-state index contributed by atoms with van der Waals surface area (Å²) < 4.78 is 16.1. The van der Waals surface area contributed by atoms with Crippen molar-refractivity contribution in [2.45, 2.75) is 32.7 Å². The van der Waals surface area contributed by atoms with E-state index in [-0.39, 0.29) is 11.9 Å². The van der Waals surface area contributed by atoms with E-state index >= 15 is 0 Å². The van der Waals surface area contributed by atoms with Crippen LogP contribution in [0.25, 0.3) is 0 Å². The maximum Gasteiger partial charge on any atom is 0.255 e. The number of ether oxygens (including phenoxy) is 3. The number of carbonyl (C=O) groups is 1. The second kappa shape index (κ2) is 9.86. The summed E-state index contributed by atoms with van der Waals surface area (Å²) >= 11 is 0. The minimum Gasteiger partial charge on any atom is -0.496 e. The molecule has 0 aliphatic heterocycles. The van der Waals surface area contributed by atoms with Crippen molar-refractivity contribution >= 4 is 5.91 Å². The van der Waals surface area contributed by atoms with Crippen molar-refractivity contribution in [2.24, 2.45) is 5.92 Å². The second-order valence-electron chi connectivity index (χ2n) is 6.35. The minimum atomic E-state index is -0.200. The van der Waals surface area contributed by atoms with Gasteiger partial charge in [0.15, 0.2) is 11.5 Å². The van der Waals surface area contributed by atoms with Gasteiger partial charge in [0, 0.05) is 12.1 Å². The van der Waals surface area contributed by atoms with E-state index in [9.17, 15) is 4.79 Å². The molecule has 0 fully saturated rings. The van der Waals surface area contributed by atoms with E-state index in [1.807, 2.05) is 18.2 Å². The molecule has 1 atom stereocenters. The Bertz CT molecular complexity index is 741. The Labute approximate surface area is 161 Å². The summed E-state index contributed by atoms with van der Waals surface area (Å²) in [5.41, 5.74) is 1.51. The maximum atomic E-state index is 13.1. The lowest BCUT2D eigenvalue weighted by atomic mass is 9.88. The van der Waals surface area contributed by atoms with Gasteiger partial charge >= 0.3 is 0 Å². The molecule has 0 aromatic heterocycles. The molecule has 2 aromatic carbocycles. The molecule has 2 rings (SSSR count). The van der Waals surface area contributed by atoms with Gasteiger partial charge in [0.2, 0.25) is 0 Å². The first-order valence-corrected chi connectivity index (χ1v) is 9.25. The fourth-order valence-corrected chi connectivity index (χ4v) is 3.32. The molecule has 1 unspecified atom stereocenters. The molecule has 5 heteroatoms. The molecule has 0 saturated carbocycles. The van der Waals surface area contributed by atoms with Gasteiger partial charge in [0.05, 0.1) is 32.9 Å². The number of hydrogen-bond acceptors (Lipinski definition) is 4. The van der Waals surface area contributed by atoms with Crippen LogP contribution in [0, 0.1) is 5.92 Å². The molecule has 1 N–H and O–H groups in total.